The van der Waals surface area contributed by atoms with Gasteiger partial charge in [0.1, 0.15) is 0 Å². The summed E-state index contributed by atoms with van der Waals surface area (Å²) in [6, 6.07) is 59.2. The first-order chi connectivity index (χ1) is 37.7. The minimum Gasteiger partial charge on any atom is -0.441 e. The van der Waals surface area contributed by atoms with Crippen molar-refractivity contribution in [1.29, 1.82) is 0 Å². The number of hydrogen-bond donors (Lipinski definition) is 0. The third-order valence-electron chi connectivity index (χ3n) is 17.2. The fourth-order valence-corrected chi connectivity index (χ4v) is 13.3. The van der Waals surface area contributed by atoms with Crippen molar-refractivity contribution in [3.05, 3.63) is 226 Å². The van der Waals surface area contributed by atoms with Crippen molar-refractivity contribution in [3.63, 3.8) is 0 Å². The lowest BCUT2D eigenvalue weighted by Gasteiger charge is -2.31. The van der Waals surface area contributed by atoms with E-state index in [4.69, 9.17) is 9.47 Å². The number of anilines is 2. The molecule has 8 aromatic carbocycles. The summed E-state index contributed by atoms with van der Waals surface area (Å²) in [5.41, 5.74) is 15.9. The highest BCUT2D eigenvalue weighted by atomic mass is 16.6. The lowest BCUT2D eigenvalue weighted by Crippen LogP contribution is -2.31. The zero-order valence-electron chi connectivity index (χ0n) is 45.9. The summed E-state index contributed by atoms with van der Waals surface area (Å²) < 4.78 is 22.4. The fraction of sp³-hybridized carbons (Fsp3) is 0.206. The van der Waals surface area contributed by atoms with Gasteiger partial charge in [-0.1, -0.05) is 91.0 Å². The number of esters is 2. The van der Waals surface area contributed by atoms with Gasteiger partial charge in [0.15, 0.2) is 11.2 Å². The average molecular weight is 1030 g/mol. The van der Waals surface area contributed by atoms with Crippen LogP contribution in [0.5, 0.6) is 0 Å². The molecule has 4 aromatic heterocycles. The molecule has 388 valence electrons. The van der Waals surface area contributed by atoms with E-state index in [0.717, 1.165) is 102 Å². The number of para-hydroxylation sites is 4. The van der Waals surface area contributed by atoms with E-state index in [1.54, 1.807) is 0 Å². The van der Waals surface area contributed by atoms with Crippen LogP contribution in [-0.4, -0.2) is 58.4 Å². The Hall–Kier alpha value is -9.02. The lowest BCUT2D eigenvalue weighted by atomic mass is 9.77. The second-order valence-electron chi connectivity index (χ2n) is 21.4. The normalized spacial score (nSPS) is 14.3. The molecule has 6 heterocycles. The Kier molecular flexibility index (Phi) is 11.1. The number of fused-ring (bicyclic) bond motifs is 10. The van der Waals surface area contributed by atoms with E-state index in [-0.39, 0.29) is 11.9 Å². The SMILES string of the molecule is CCn1c2ccccc2c2cc(C3(c4ccc5c(c4)c4ccccc4n5CC)OC(=O)c4ccc(N(C)C)cc43)ccc21.Cc1c(C2(c3c(C)n(C)c4ccccc34)OC(=O)c3cc(N(C)C)ccc32)c2ccccc2n1C. The first-order valence-corrected chi connectivity index (χ1v) is 27.0. The number of carbonyl (C=O) groups is 2. The van der Waals surface area contributed by atoms with E-state index >= 15 is 0 Å². The summed E-state index contributed by atoms with van der Waals surface area (Å²) in [4.78, 5) is 31.5. The van der Waals surface area contributed by atoms with E-state index in [2.05, 4.69) is 217 Å². The number of ether oxygens (including phenoxy) is 2. The Balaban J connectivity index is 0.000000152. The third kappa shape index (κ3) is 6.68. The number of cyclic esters (lactones) is 2. The van der Waals surface area contributed by atoms with Crippen LogP contribution in [0.3, 0.4) is 0 Å². The first kappa shape index (κ1) is 48.6. The molecule has 10 heteroatoms. The zero-order chi connectivity index (χ0) is 54.1. The smallest absolute Gasteiger partial charge is 0.340 e. The van der Waals surface area contributed by atoms with E-state index in [0.29, 0.717) is 11.1 Å². The standard InChI is InChI=1S/C38H33N3O2.C30H29N3O2/c1-5-40-33-13-9-7-11-27(33)30-21-24(15-19-35(30)40)38(32-23-26(39(3)4)17-18-29(32)37(42)43-38)25-16-20-36-31(22-25)28-12-8-10-14-34(28)41(36)6-2;1-18-27(21-11-7-9-13-25(21)32(18)5)30(28-19(2)33(6)26-14-10-8-12-22(26)28)24-16-15-20(31(3)4)17-23(24)29(34)35-30/h7-23H,5-6H2,1-4H3;7-17H,1-6H3. The van der Waals surface area contributed by atoms with Crippen LogP contribution in [0, 0.1) is 13.8 Å². The van der Waals surface area contributed by atoms with Gasteiger partial charge in [0, 0.05) is 177 Å². The van der Waals surface area contributed by atoms with Crippen LogP contribution in [0.15, 0.2) is 170 Å². The third-order valence-corrected chi connectivity index (χ3v) is 17.2. The van der Waals surface area contributed by atoms with E-state index < -0.39 is 11.2 Å². The van der Waals surface area contributed by atoms with Crippen LogP contribution in [0.25, 0.3) is 65.4 Å². The molecule has 0 N–H and O–H groups in total. The predicted octanol–water partition coefficient (Wildman–Crippen LogP) is 14.3. The van der Waals surface area contributed by atoms with E-state index in [1.807, 2.05) is 51.3 Å². The van der Waals surface area contributed by atoms with Gasteiger partial charge in [-0.15, -0.1) is 0 Å². The van der Waals surface area contributed by atoms with Gasteiger partial charge in [-0.2, -0.15) is 0 Å². The number of benzene rings is 8. The number of carbonyl (C=O) groups excluding carboxylic acids is 2. The van der Waals surface area contributed by atoms with Gasteiger partial charge in [-0.25, -0.2) is 9.59 Å². The van der Waals surface area contributed by atoms with E-state index in [1.165, 1.54) is 32.8 Å². The summed E-state index contributed by atoms with van der Waals surface area (Å²) in [5.74, 6) is -0.587. The van der Waals surface area contributed by atoms with Gasteiger partial charge in [-0.3, -0.25) is 0 Å². The van der Waals surface area contributed by atoms with Gasteiger partial charge in [0.05, 0.1) is 11.1 Å². The monoisotopic (exact) mass is 1030 g/mol. The zero-order valence-corrected chi connectivity index (χ0v) is 45.9. The van der Waals surface area contributed by atoms with Gasteiger partial charge in [0.2, 0.25) is 0 Å². The highest BCUT2D eigenvalue weighted by molar-refractivity contribution is 6.10. The molecule has 0 amide bonds. The molecule has 78 heavy (non-hydrogen) atoms. The van der Waals surface area contributed by atoms with Crippen LogP contribution in [0.1, 0.15) is 79.3 Å². The molecule has 0 fully saturated rings. The highest BCUT2D eigenvalue weighted by Gasteiger charge is 2.54. The molecule has 0 spiro atoms. The van der Waals surface area contributed by atoms with Crippen molar-refractivity contribution in [3.8, 4) is 0 Å². The quantitative estimate of drug-likeness (QED) is 0.141. The molecule has 0 bridgehead atoms. The molecular formula is C68H62N6O4. The van der Waals surface area contributed by atoms with Crippen molar-refractivity contribution in [2.45, 2.75) is 52.0 Å². The molecule has 0 aliphatic carbocycles. The van der Waals surface area contributed by atoms with Crippen molar-refractivity contribution in [1.82, 2.24) is 18.3 Å². The molecule has 12 aromatic rings. The topological polar surface area (TPSA) is 78.8 Å². The minimum atomic E-state index is -1.11. The number of aryl methyl sites for hydroxylation is 4. The predicted molar refractivity (Wildman–Crippen MR) is 318 cm³/mol. The Morgan fingerprint density at radius 1 is 0.410 bits per heavy atom. The average Bonchev–Trinajstić information content (AvgIpc) is 3.72. The maximum atomic E-state index is 13.7. The van der Waals surface area contributed by atoms with Gasteiger partial charge < -0.3 is 37.5 Å². The van der Waals surface area contributed by atoms with E-state index in [9.17, 15) is 9.59 Å². The number of rotatable bonds is 8. The summed E-state index contributed by atoms with van der Waals surface area (Å²) in [6.07, 6.45) is 0. The van der Waals surface area contributed by atoms with Crippen LogP contribution < -0.4 is 9.80 Å². The van der Waals surface area contributed by atoms with Crippen LogP contribution >= 0.6 is 0 Å². The van der Waals surface area contributed by atoms with Crippen molar-refractivity contribution in [2.24, 2.45) is 14.1 Å². The Morgan fingerprint density at radius 2 is 0.821 bits per heavy atom. The minimum absolute atomic E-state index is 0.289. The number of nitrogens with zero attached hydrogens (tertiary/aromatic N) is 6. The number of hydrogen-bond acceptors (Lipinski definition) is 6. The molecule has 2 aliphatic heterocycles. The summed E-state index contributed by atoms with van der Waals surface area (Å²) in [5, 5.41) is 6.90. The summed E-state index contributed by atoms with van der Waals surface area (Å²) in [6.45, 7) is 10.4. The van der Waals surface area contributed by atoms with Gasteiger partial charge >= 0.3 is 11.9 Å². The molecule has 10 nitrogen and oxygen atoms in total. The molecular weight excluding hydrogens is 965 g/mol. The summed E-state index contributed by atoms with van der Waals surface area (Å²) >= 11 is 0. The molecule has 0 atom stereocenters. The molecule has 0 unspecified atom stereocenters. The second-order valence-corrected chi connectivity index (χ2v) is 21.4. The molecule has 0 radical (unpaired) electrons. The van der Waals surface area contributed by atoms with Crippen molar-refractivity contribution < 1.29 is 19.1 Å². The number of aromatic nitrogens is 4. The Labute approximate surface area is 453 Å². The van der Waals surface area contributed by atoms with Gasteiger partial charge in [-0.05, 0) is 107 Å². The van der Waals surface area contributed by atoms with Crippen molar-refractivity contribution >= 4 is 88.7 Å². The maximum Gasteiger partial charge on any atom is 0.340 e. The Morgan fingerprint density at radius 3 is 1.31 bits per heavy atom. The lowest BCUT2D eigenvalue weighted by molar-refractivity contribution is 0.0244. The molecule has 0 saturated heterocycles. The highest BCUT2D eigenvalue weighted by Crippen LogP contribution is 2.55. The van der Waals surface area contributed by atoms with Crippen LogP contribution in [0.4, 0.5) is 11.4 Å². The Bertz CT molecular complexity index is 4280. The molecule has 14 rings (SSSR count). The molecule has 0 saturated carbocycles. The van der Waals surface area contributed by atoms with Crippen molar-refractivity contribution in [2.75, 3.05) is 38.0 Å². The fourth-order valence-electron chi connectivity index (χ4n) is 13.3. The largest absolute Gasteiger partial charge is 0.441 e. The summed E-state index contributed by atoms with van der Waals surface area (Å²) in [7, 11) is 12.2. The first-order valence-electron chi connectivity index (χ1n) is 27.0. The second kappa shape index (κ2) is 17.8. The van der Waals surface area contributed by atoms with Crippen LogP contribution in [-0.2, 0) is 47.9 Å². The maximum absolute atomic E-state index is 13.7. The van der Waals surface area contributed by atoms with Gasteiger partial charge in [0.25, 0.3) is 0 Å². The molecule has 2 aliphatic rings. The van der Waals surface area contributed by atoms with Crippen LogP contribution in [0.2, 0.25) is 0 Å².